The van der Waals surface area contributed by atoms with Gasteiger partial charge in [-0.2, -0.15) is 5.10 Å². The van der Waals surface area contributed by atoms with Crippen LogP contribution < -0.4 is 5.32 Å². The second-order valence-corrected chi connectivity index (χ2v) is 17.2. The molecule has 5 aromatic rings. The molecule has 4 heterocycles. The molecular weight excluding hydrogens is 575 g/mol. The number of aliphatic hydroxyl groups excluding tert-OH is 1. The summed E-state index contributed by atoms with van der Waals surface area (Å²) in [5.41, 5.74) is 4.53. The van der Waals surface area contributed by atoms with Crippen LogP contribution in [0.4, 0.5) is 4.39 Å². The number of hydrogen-bond donors (Lipinski definition) is 3. The van der Waals surface area contributed by atoms with Gasteiger partial charge in [-0.25, -0.2) is 14.1 Å². The number of benzene rings is 1. The molecule has 0 aliphatic carbocycles. The lowest BCUT2D eigenvalue weighted by Crippen LogP contribution is -2.31. The summed E-state index contributed by atoms with van der Waals surface area (Å²) in [4.78, 5) is 25.1. The molecule has 0 spiro atoms. The maximum absolute atomic E-state index is 13.6. The molecule has 0 aliphatic heterocycles. The van der Waals surface area contributed by atoms with Crippen molar-refractivity contribution in [3.63, 3.8) is 0 Å². The average Bonchev–Trinajstić information content (AvgIpc) is 3.60. The molecule has 0 fully saturated rings. The summed E-state index contributed by atoms with van der Waals surface area (Å²) >= 11 is 5.90. The molecule has 1 amide bonds. The number of rotatable bonds is 11. The van der Waals surface area contributed by atoms with Crippen molar-refractivity contribution < 1.29 is 19.0 Å². The van der Waals surface area contributed by atoms with E-state index < -0.39 is 32.4 Å². The molecule has 9 nitrogen and oxygen atoms in total. The molecule has 42 heavy (non-hydrogen) atoms. The van der Waals surface area contributed by atoms with Gasteiger partial charge in [0.15, 0.2) is 5.65 Å². The molecule has 0 aliphatic rings. The molecule has 218 valence electrons. The van der Waals surface area contributed by atoms with Gasteiger partial charge in [0.25, 0.3) is 5.91 Å². The maximum atomic E-state index is 13.6. The number of amides is 1. The molecule has 3 N–H and O–H groups in total. The summed E-state index contributed by atoms with van der Waals surface area (Å²) in [6, 6.07) is 11.8. The lowest BCUT2D eigenvalue weighted by molar-refractivity contribution is 0.0814. The molecule has 4 aromatic heterocycles. The third-order valence-corrected chi connectivity index (χ3v) is 8.82. The van der Waals surface area contributed by atoms with E-state index >= 15 is 0 Å². The van der Waals surface area contributed by atoms with Crippen LogP contribution in [0.15, 0.2) is 67.3 Å². The largest absolute Gasteiger partial charge is 0.394 e. The number of aromatic amines is 1. The fourth-order valence-corrected chi connectivity index (χ4v) is 5.39. The minimum atomic E-state index is -1.25. The second-order valence-electron chi connectivity index (χ2n) is 11.2. The van der Waals surface area contributed by atoms with Crippen molar-refractivity contribution in [1.82, 2.24) is 30.0 Å². The van der Waals surface area contributed by atoms with Crippen molar-refractivity contribution in [3.05, 3.63) is 89.3 Å². The van der Waals surface area contributed by atoms with E-state index in [1.165, 1.54) is 18.2 Å². The quantitative estimate of drug-likeness (QED) is 0.124. The van der Waals surface area contributed by atoms with Crippen LogP contribution in [-0.2, 0) is 11.5 Å². The summed E-state index contributed by atoms with van der Waals surface area (Å²) in [5, 5.41) is 18.2. The third kappa shape index (κ3) is 6.76. The molecule has 0 saturated heterocycles. The van der Waals surface area contributed by atoms with Gasteiger partial charge in [0.05, 0.1) is 17.7 Å². The van der Waals surface area contributed by atoms with Crippen molar-refractivity contribution >= 4 is 36.6 Å². The standard InChI is InChI=1S/C30H32ClFN6O3Si/c1-42(2,3)10-9-41-18-38-29-23(11-21(15-35-29)20-5-4-8-33-14-20)28(37-38)22-13-26(34-16-22)30(40)36-27(17-39)19-6-7-25(32)24(31)12-19/h4-8,11-16,27,34,39H,9-10,17-18H2,1-3H3,(H,36,40). The number of carbonyl (C=O) groups excluding carboxylic acids is 1. The third-order valence-electron chi connectivity index (χ3n) is 6.83. The van der Waals surface area contributed by atoms with Gasteiger partial charge < -0.3 is 20.1 Å². The van der Waals surface area contributed by atoms with Gasteiger partial charge in [-0.3, -0.25) is 9.78 Å². The Labute approximate surface area is 248 Å². The van der Waals surface area contributed by atoms with Crippen LogP contribution in [0.25, 0.3) is 33.4 Å². The summed E-state index contributed by atoms with van der Waals surface area (Å²) in [6.45, 7) is 7.40. The average molecular weight is 607 g/mol. The van der Waals surface area contributed by atoms with Crippen molar-refractivity contribution in [2.45, 2.75) is 38.5 Å². The van der Waals surface area contributed by atoms with Gasteiger partial charge in [0.2, 0.25) is 0 Å². The Morgan fingerprint density at radius 1 is 1.17 bits per heavy atom. The molecule has 1 atom stereocenters. The first-order chi connectivity index (χ1) is 20.1. The van der Waals surface area contributed by atoms with Crippen LogP contribution in [0.2, 0.25) is 30.7 Å². The highest BCUT2D eigenvalue weighted by Crippen LogP contribution is 2.31. The van der Waals surface area contributed by atoms with E-state index in [4.69, 9.17) is 26.4 Å². The zero-order valence-electron chi connectivity index (χ0n) is 23.6. The predicted octanol–water partition coefficient (Wildman–Crippen LogP) is 6.06. The first-order valence-corrected chi connectivity index (χ1v) is 17.6. The fraction of sp³-hybridized carbons (Fsp3) is 0.267. The number of fused-ring (bicyclic) bond motifs is 1. The van der Waals surface area contributed by atoms with Crippen LogP contribution in [0.5, 0.6) is 0 Å². The number of ether oxygens (including phenoxy) is 1. The van der Waals surface area contributed by atoms with Crippen molar-refractivity contribution in [2.75, 3.05) is 13.2 Å². The minimum absolute atomic E-state index is 0.0893. The number of nitrogens with one attached hydrogen (secondary N) is 2. The van der Waals surface area contributed by atoms with Gasteiger partial charge in [-0.1, -0.05) is 43.4 Å². The zero-order valence-corrected chi connectivity index (χ0v) is 25.3. The van der Waals surface area contributed by atoms with Crippen LogP contribution in [0.3, 0.4) is 0 Å². The Bertz CT molecular complexity index is 1700. The molecular formula is C30H32ClFN6O3Si. The smallest absolute Gasteiger partial charge is 0.268 e. The Morgan fingerprint density at radius 2 is 2.00 bits per heavy atom. The van der Waals surface area contributed by atoms with E-state index in [9.17, 15) is 14.3 Å². The highest BCUT2D eigenvalue weighted by molar-refractivity contribution is 6.76. The van der Waals surface area contributed by atoms with Crippen LogP contribution >= 0.6 is 11.6 Å². The number of aliphatic hydroxyl groups is 1. The fourth-order valence-electron chi connectivity index (χ4n) is 4.45. The van der Waals surface area contributed by atoms with Gasteiger partial charge in [-0.05, 0) is 41.9 Å². The van der Waals surface area contributed by atoms with Gasteiger partial charge >= 0.3 is 0 Å². The lowest BCUT2D eigenvalue weighted by atomic mass is 10.1. The maximum Gasteiger partial charge on any atom is 0.268 e. The monoisotopic (exact) mass is 606 g/mol. The van der Waals surface area contributed by atoms with E-state index in [-0.39, 0.29) is 17.4 Å². The van der Waals surface area contributed by atoms with Crippen LogP contribution in [-0.4, -0.2) is 57.0 Å². The summed E-state index contributed by atoms with van der Waals surface area (Å²) in [5.74, 6) is -1.03. The second kappa shape index (κ2) is 12.5. The summed E-state index contributed by atoms with van der Waals surface area (Å²) in [7, 11) is -1.25. The Hall–Kier alpha value is -3.90. The molecule has 5 rings (SSSR count). The molecule has 1 aromatic carbocycles. The SMILES string of the molecule is C[Si](C)(C)CCOCn1nc(-c2c[nH]c(C(=O)NC(CO)c3ccc(F)c(Cl)c3)c2)c2cc(-c3cccnc3)cnc21. The van der Waals surface area contributed by atoms with Crippen LogP contribution in [0, 0.1) is 5.82 Å². The number of pyridine rings is 2. The number of aromatic nitrogens is 5. The molecule has 12 heteroatoms. The Kier molecular flexibility index (Phi) is 8.83. The van der Waals surface area contributed by atoms with E-state index in [2.05, 4.69) is 34.9 Å². The van der Waals surface area contributed by atoms with E-state index in [0.717, 1.165) is 22.6 Å². The van der Waals surface area contributed by atoms with E-state index in [1.54, 1.807) is 35.5 Å². The molecule has 0 bridgehead atoms. The number of hydrogen-bond acceptors (Lipinski definition) is 6. The Balaban J connectivity index is 1.44. The number of halogens is 2. The number of carbonyl (C=O) groups is 1. The molecule has 0 saturated carbocycles. The number of H-pyrrole nitrogens is 1. The minimum Gasteiger partial charge on any atom is -0.394 e. The first kappa shape index (κ1) is 29.6. The summed E-state index contributed by atoms with van der Waals surface area (Å²) < 4.78 is 21.3. The van der Waals surface area contributed by atoms with E-state index in [0.29, 0.717) is 29.1 Å². The lowest BCUT2D eigenvalue weighted by Gasteiger charge is -2.16. The Morgan fingerprint density at radius 3 is 2.71 bits per heavy atom. The van der Waals surface area contributed by atoms with Gasteiger partial charge in [0, 0.05) is 61.5 Å². The zero-order chi connectivity index (χ0) is 29.9. The molecule has 0 radical (unpaired) electrons. The topological polar surface area (TPSA) is 118 Å². The van der Waals surface area contributed by atoms with Crippen molar-refractivity contribution in [2.24, 2.45) is 0 Å². The van der Waals surface area contributed by atoms with Gasteiger partial charge in [-0.15, -0.1) is 0 Å². The van der Waals surface area contributed by atoms with Gasteiger partial charge in [0.1, 0.15) is 23.9 Å². The van der Waals surface area contributed by atoms with Crippen LogP contribution in [0.1, 0.15) is 22.1 Å². The normalized spacial score (nSPS) is 12.5. The highest BCUT2D eigenvalue weighted by atomic mass is 35.5. The summed E-state index contributed by atoms with van der Waals surface area (Å²) in [6.07, 6.45) is 6.98. The predicted molar refractivity (Wildman–Crippen MR) is 163 cm³/mol. The van der Waals surface area contributed by atoms with Crippen molar-refractivity contribution in [1.29, 1.82) is 0 Å². The highest BCUT2D eigenvalue weighted by Gasteiger charge is 2.21. The number of nitrogens with zero attached hydrogens (tertiary/aromatic N) is 4. The van der Waals surface area contributed by atoms with Crippen molar-refractivity contribution in [3.8, 4) is 22.4 Å². The first-order valence-electron chi connectivity index (χ1n) is 13.5. The molecule has 1 unspecified atom stereocenters. The van der Waals surface area contributed by atoms with E-state index in [1.807, 2.05) is 18.2 Å².